The summed E-state index contributed by atoms with van der Waals surface area (Å²) in [5.41, 5.74) is 4.96. The van der Waals surface area contributed by atoms with Gasteiger partial charge in [0.25, 0.3) is 0 Å². The maximum atomic E-state index is 14.6. The van der Waals surface area contributed by atoms with Crippen molar-refractivity contribution in [2.75, 3.05) is 0 Å². The Balaban J connectivity index is 0.00000158. The molecule has 5 rings (SSSR count). The van der Waals surface area contributed by atoms with Gasteiger partial charge in [0.15, 0.2) is 5.43 Å². The van der Waals surface area contributed by atoms with Crippen LogP contribution in [0, 0.1) is 17.0 Å². The second-order valence-corrected chi connectivity index (χ2v) is 11.2. The van der Waals surface area contributed by atoms with Gasteiger partial charge >= 0.3 is 0 Å². The van der Waals surface area contributed by atoms with Gasteiger partial charge in [0.05, 0.1) is 5.69 Å². The molecular weight excluding hydrogens is 516 g/mol. The Morgan fingerprint density at radius 1 is 1.05 bits per heavy atom. The molecule has 2 aliphatic heterocycles. The van der Waals surface area contributed by atoms with Crippen LogP contribution in [0.3, 0.4) is 0 Å². The van der Waals surface area contributed by atoms with Gasteiger partial charge in [-0.2, -0.15) is 0 Å². The van der Waals surface area contributed by atoms with E-state index in [0.717, 1.165) is 34.4 Å². The fourth-order valence-electron chi connectivity index (χ4n) is 5.49. The first-order valence-electron chi connectivity index (χ1n) is 14.3. The van der Waals surface area contributed by atoms with Crippen molar-refractivity contribution in [3.8, 4) is 0 Å². The molecule has 3 unspecified atom stereocenters. The number of halogens is 2. The Morgan fingerprint density at radius 3 is 2.34 bits per heavy atom. The number of hydrogen-bond acceptors (Lipinski definition) is 2. The zero-order valence-corrected chi connectivity index (χ0v) is 24.7. The van der Waals surface area contributed by atoms with Crippen molar-refractivity contribution in [1.82, 2.24) is 4.57 Å². The minimum atomic E-state index is -0.362. The van der Waals surface area contributed by atoms with E-state index in [4.69, 9.17) is 4.74 Å². The summed E-state index contributed by atoms with van der Waals surface area (Å²) in [6, 6.07) is 14.5. The molecule has 3 atom stereocenters. The van der Waals surface area contributed by atoms with E-state index in [1.54, 1.807) is 30.3 Å². The van der Waals surface area contributed by atoms with Crippen LogP contribution in [-0.2, 0) is 4.74 Å². The van der Waals surface area contributed by atoms with Crippen LogP contribution < -0.4 is 5.43 Å². The number of pyridine rings is 1. The molecule has 1 saturated heterocycles. The summed E-state index contributed by atoms with van der Waals surface area (Å²) in [5, 5.41) is 0. The summed E-state index contributed by atoms with van der Waals surface area (Å²) in [4.78, 5) is 13.5. The van der Waals surface area contributed by atoms with Gasteiger partial charge in [-0.25, -0.2) is 8.78 Å². The van der Waals surface area contributed by atoms with Crippen LogP contribution in [-0.4, -0.2) is 10.7 Å². The molecule has 0 saturated carbocycles. The largest absolute Gasteiger partial charge is 0.360 e. The van der Waals surface area contributed by atoms with Crippen molar-refractivity contribution in [3.63, 3.8) is 0 Å². The van der Waals surface area contributed by atoms with Crippen molar-refractivity contribution in [2.45, 2.75) is 66.2 Å². The van der Waals surface area contributed by atoms with Gasteiger partial charge < -0.3 is 9.30 Å². The molecule has 3 nitrogen and oxygen atoms in total. The van der Waals surface area contributed by atoms with E-state index < -0.39 is 0 Å². The standard InChI is InChI=1S/C34H33F2NO2.C2H6.H2/c1-6-25(21-14-16-23(35)17-15-21)32(22-10-8-11-24(36)18-22)26-12-9-13-31(34(3,4)5)37-20-27(29(38)19-28(26)37)33-30(7-2)39-33;1-2;/h6-12,14-20,30-31,33H,2,13H2,1,3-5H3;1-2H3;1H/b25-6+,32-26+;;. The molecule has 0 N–H and O–H groups in total. The first-order valence-corrected chi connectivity index (χ1v) is 14.3. The van der Waals surface area contributed by atoms with E-state index in [2.05, 4.69) is 38.0 Å². The molecular formula is C36H41F2NO2. The van der Waals surface area contributed by atoms with E-state index in [0.29, 0.717) is 11.1 Å². The van der Waals surface area contributed by atoms with Crippen molar-refractivity contribution < 1.29 is 14.9 Å². The number of aromatic nitrogens is 1. The van der Waals surface area contributed by atoms with Crippen LogP contribution in [0.25, 0.3) is 16.7 Å². The molecule has 0 spiro atoms. The predicted molar refractivity (Wildman–Crippen MR) is 167 cm³/mol. The van der Waals surface area contributed by atoms with Crippen LogP contribution >= 0.6 is 0 Å². The van der Waals surface area contributed by atoms with Gasteiger partial charge in [-0.05, 0) is 65.3 Å². The van der Waals surface area contributed by atoms with Gasteiger partial charge in [0.1, 0.15) is 23.8 Å². The van der Waals surface area contributed by atoms with Crippen LogP contribution in [0.1, 0.15) is 83.9 Å². The fraction of sp³-hybridized carbons (Fsp3) is 0.306. The maximum Gasteiger partial charge on any atom is 0.188 e. The third kappa shape index (κ3) is 6.25. The quantitative estimate of drug-likeness (QED) is 0.231. The number of hydrogen-bond donors (Lipinski definition) is 0. The molecule has 1 aromatic heterocycles. The van der Waals surface area contributed by atoms with Crippen molar-refractivity contribution >= 4 is 16.7 Å². The Kier molecular flexibility index (Phi) is 9.08. The third-order valence-corrected chi connectivity index (χ3v) is 7.52. The Labute approximate surface area is 243 Å². The number of ether oxygens (including phenoxy) is 1. The molecule has 41 heavy (non-hydrogen) atoms. The lowest BCUT2D eigenvalue weighted by Gasteiger charge is -2.34. The monoisotopic (exact) mass is 557 g/mol. The lowest BCUT2D eigenvalue weighted by Crippen LogP contribution is -2.27. The average Bonchev–Trinajstić information content (AvgIpc) is 3.75. The Hall–Kier alpha value is -3.83. The number of nitrogens with zero attached hydrogens (tertiary/aromatic N) is 1. The highest BCUT2D eigenvalue weighted by atomic mass is 19.1. The van der Waals surface area contributed by atoms with Crippen LogP contribution in [0.15, 0.2) is 96.5 Å². The SMILES string of the molecule is C=CC1OC1c1cn2c(cc1=O)/C(=C(/C(=C/C)c1ccc(F)cc1)c1cccc(F)c1)C=CCC2C(C)(C)C.CC.[HH]. The van der Waals surface area contributed by atoms with E-state index in [9.17, 15) is 13.6 Å². The van der Waals surface area contributed by atoms with Crippen molar-refractivity contribution in [1.29, 1.82) is 0 Å². The highest BCUT2D eigenvalue weighted by Crippen LogP contribution is 2.45. The lowest BCUT2D eigenvalue weighted by molar-refractivity contribution is 0.242. The van der Waals surface area contributed by atoms with Crippen molar-refractivity contribution in [2.24, 2.45) is 5.41 Å². The van der Waals surface area contributed by atoms with E-state index in [-0.39, 0.29) is 42.2 Å². The van der Waals surface area contributed by atoms with Gasteiger partial charge in [-0.1, -0.05) is 83.2 Å². The minimum Gasteiger partial charge on any atom is -0.360 e. The van der Waals surface area contributed by atoms with Crippen LogP contribution in [0.5, 0.6) is 0 Å². The third-order valence-electron chi connectivity index (χ3n) is 7.52. The van der Waals surface area contributed by atoms with Gasteiger partial charge in [0, 0.05) is 30.9 Å². The summed E-state index contributed by atoms with van der Waals surface area (Å²) in [6.07, 6.45) is 10.0. The number of epoxide rings is 1. The molecule has 3 heterocycles. The molecule has 5 heteroatoms. The molecule has 0 radical (unpaired) electrons. The second-order valence-electron chi connectivity index (χ2n) is 11.2. The van der Waals surface area contributed by atoms with E-state index in [1.165, 1.54) is 24.3 Å². The summed E-state index contributed by atoms with van der Waals surface area (Å²) >= 11 is 0. The zero-order valence-electron chi connectivity index (χ0n) is 24.7. The fourth-order valence-corrected chi connectivity index (χ4v) is 5.49. The number of rotatable bonds is 5. The Bertz CT molecular complexity index is 1580. The maximum absolute atomic E-state index is 14.6. The van der Waals surface area contributed by atoms with E-state index in [1.807, 2.05) is 45.2 Å². The van der Waals surface area contributed by atoms with Gasteiger partial charge in [-0.15, -0.1) is 6.58 Å². The summed E-state index contributed by atoms with van der Waals surface area (Å²) < 4.78 is 36.4. The summed E-state index contributed by atoms with van der Waals surface area (Å²) in [5.74, 6) is -0.694. The molecule has 3 aromatic rings. The molecule has 1 fully saturated rings. The predicted octanol–water partition coefficient (Wildman–Crippen LogP) is 9.59. The number of fused-ring (bicyclic) bond motifs is 1. The summed E-state index contributed by atoms with van der Waals surface area (Å²) in [7, 11) is 0. The molecule has 2 aliphatic rings. The highest BCUT2D eigenvalue weighted by molar-refractivity contribution is 6.16. The number of allylic oxidation sites excluding steroid dienone is 6. The molecule has 0 aliphatic carbocycles. The summed E-state index contributed by atoms with van der Waals surface area (Å²) in [6.45, 7) is 16.3. The smallest absolute Gasteiger partial charge is 0.188 e. The average molecular weight is 558 g/mol. The molecule has 0 amide bonds. The molecule has 2 aromatic carbocycles. The molecule has 216 valence electrons. The highest BCUT2D eigenvalue weighted by Gasteiger charge is 2.40. The van der Waals surface area contributed by atoms with Gasteiger partial charge in [-0.3, -0.25) is 4.79 Å². The van der Waals surface area contributed by atoms with Gasteiger partial charge in [0.2, 0.25) is 0 Å². The zero-order chi connectivity index (χ0) is 29.9. The Morgan fingerprint density at radius 2 is 1.76 bits per heavy atom. The topological polar surface area (TPSA) is 34.5 Å². The van der Waals surface area contributed by atoms with Crippen molar-refractivity contribution in [3.05, 3.63) is 136 Å². The van der Waals surface area contributed by atoms with Crippen LogP contribution in [0.4, 0.5) is 8.78 Å². The number of benzene rings is 2. The normalized spacial score (nSPS) is 21.3. The minimum absolute atomic E-state index is 0. The van der Waals surface area contributed by atoms with E-state index >= 15 is 0 Å². The van der Waals surface area contributed by atoms with Crippen LogP contribution in [0.2, 0.25) is 0 Å². The second kappa shape index (κ2) is 12.4. The molecule has 0 bridgehead atoms. The first-order chi connectivity index (χ1) is 19.6. The lowest BCUT2D eigenvalue weighted by atomic mass is 9.84. The first kappa shape index (κ1) is 30.1.